The number of benzene rings is 1. The Balaban J connectivity index is 2.32. The quantitative estimate of drug-likeness (QED) is 0.808. The third-order valence-electron chi connectivity index (χ3n) is 3.70. The first-order valence-electron chi connectivity index (χ1n) is 8.19. The van der Waals surface area contributed by atoms with Crippen molar-refractivity contribution in [1.29, 1.82) is 0 Å². The number of rotatable bonds is 6. The van der Waals surface area contributed by atoms with E-state index in [1.54, 1.807) is 6.92 Å². The van der Waals surface area contributed by atoms with Gasteiger partial charge in [0, 0.05) is 17.2 Å². The molecule has 1 heterocycles. The predicted molar refractivity (Wildman–Crippen MR) is 94.4 cm³/mol. The Morgan fingerprint density at radius 3 is 2.42 bits per heavy atom. The van der Waals surface area contributed by atoms with Crippen molar-refractivity contribution in [2.45, 2.75) is 38.9 Å². The van der Waals surface area contributed by atoms with E-state index < -0.39 is 17.3 Å². The maximum Gasteiger partial charge on any atom is 0.419 e. The van der Waals surface area contributed by atoms with Crippen LogP contribution in [0.4, 0.5) is 19.0 Å². The molecular weight excluding hydrogens is 345 g/mol. The fourth-order valence-corrected chi connectivity index (χ4v) is 2.80. The molecule has 4 N–H and O–H groups in total. The van der Waals surface area contributed by atoms with E-state index in [2.05, 4.69) is 9.97 Å². The van der Waals surface area contributed by atoms with Crippen LogP contribution in [0.5, 0.6) is 5.75 Å². The van der Waals surface area contributed by atoms with Gasteiger partial charge in [-0.1, -0.05) is 13.8 Å². The molecule has 0 saturated carbocycles. The van der Waals surface area contributed by atoms with E-state index in [0.29, 0.717) is 18.0 Å². The lowest BCUT2D eigenvalue weighted by atomic mass is 9.93. The monoisotopic (exact) mass is 368 g/mol. The highest BCUT2D eigenvalue weighted by Crippen LogP contribution is 2.39. The molecule has 5 nitrogen and oxygen atoms in total. The maximum atomic E-state index is 13.5. The van der Waals surface area contributed by atoms with Crippen LogP contribution in [0.2, 0.25) is 0 Å². The fraction of sp³-hybridized carbons (Fsp3) is 0.444. The van der Waals surface area contributed by atoms with Crippen LogP contribution in [0, 0.1) is 5.92 Å². The predicted octanol–water partition coefficient (Wildman–Crippen LogP) is 3.89. The van der Waals surface area contributed by atoms with Gasteiger partial charge in [0.2, 0.25) is 0 Å². The first-order chi connectivity index (χ1) is 12.0. The molecule has 0 aliphatic carbocycles. The molecule has 26 heavy (non-hydrogen) atoms. The third kappa shape index (κ3) is 5.32. The zero-order valence-electron chi connectivity index (χ0n) is 15.0. The molecule has 1 aromatic carbocycles. The molecule has 0 fully saturated rings. The normalized spacial score (nSPS) is 14.3. The Bertz CT molecular complexity index is 760. The number of hydrogen-bond acceptors (Lipinski definition) is 5. The molecule has 0 amide bonds. The molecule has 0 aliphatic rings. The van der Waals surface area contributed by atoms with E-state index >= 15 is 0 Å². The highest BCUT2D eigenvalue weighted by molar-refractivity contribution is 5.64. The van der Waals surface area contributed by atoms with E-state index in [-0.39, 0.29) is 23.7 Å². The van der Waals surface area contributed by atoms with Gasteiger partial charge >= 0.3 is 6.18 Å². The van der Waals surface area contributed by atoms with E-state index in [4.69, 9.17) is 16.2 Å². The molecule has 1 aromatic heterocycles. The molecule has 2 aromatic rings. The van der Waals surface area contributed by atoms with Crippen molar-refractivity contribution >= 4 is 5.82 Å². The van der Waals surface area contributed by atoms with Gasteiger partial charge in [-0.25, -0.2) is 9.97 Å². The SMILES string of the molecule is CC(C)C[C@](C)(N)COc1ccc(-c2cc(N)ncn2)cc1C(F)(F)F. The summed E-state index contributed by atoms with van der Waals surface area (Å²) in [6, 6.07) is 5.19. The van der Waals surface area contributed by atoms with Crippen LogP contribution in [0.1, 0.15) is 32.8 Å². The topological polar surface area (TPSA) is 87.0 Å². The lowest BCUT2D eigenvalue weighted by Gasteiger charge is -2.27. The Morgan fingerprint density at radius 1 is 1.15 bits per heavy atom. The van der Waals surface area contributed by atoms with Crippen LogP contribution in [-0.2, 0) is 6.18 Å². The molecule has 8 heteroatoms. The van der Waals surface area contributed by atoms with Crippen molar-refractivity contribution < 1.29 is 17.9 Å². The zero-order valence-corrected chi connectivity index (χ0v) is 15.0. The molecule has 0 bridgehead atoms. The summed E-state index contributed by atoms with van der Waals surface area (Å²) in [5, 5.41) is 0. The highest BCUT2D eigenvalue weighted by atomic mass is 19.4. The summed E-state index contributed by atoms with van der Waals surface area (Å²) in [6.07, 6.45) is -2.74. The lowest BCUT2D eigenvalue weighted by molar-refractivity contribution is -0.139. The molecule has 0 saturated heterocycles. The summed E-state index contributed by atoms with van der Waals surface area (Å²) in [7, 11) is 0. The van der Waals surface area contributed by atoms with Crippen molar-refractivity contribution in [2.75, 3.05) is 12.3 Å². The summed E-state index contributed by atoms with van der Waals surface area (Å²) >= 11 is 0. The first-order valence-corrected chi connectivity index (χ1v) is 8.19. The summed E-state index contributed by atoms with van der Waals surface area (Å²) < 4.78 is 45.9. The number of ether oxygens (including phenoxy) is 1. The van der Waals surface area contributed by atoms with Gasteiger partial charge in [-0.05, 0) is 37.5 Å². The van der Waals surface area contributed by atoms with E-state index in [0.717, 1.165) is 6.07 Å². The second-order valence-corrected chi connectivity index (χ2v) is 7.08. The number of nitrogens with two attached hydrogens (primary N) is 2. The molecule has 0 radical (unpaired) electrons. The van der Waals surface area contributed by atoms with Crippen molar-refractivity contribution in [3.05, 3.63) is 36.2 Å². The average molecular weight is 368 g/mol. The fourth-order valence-electron chi connectivity index (χ4n) is 2.80. The van der Waals surface area contributed by atoms with Crippen molar-refractivity contribution in [2.24, 2.45) is 11.7 Å². The molecule has 142 valence electrons. The third-order valence-corrected chi connectivity index (χ3v) is 3.70. The number of nitrogens with zero attached hydrogens (tertiary/aromatic N) is 2. The largest absolute Gasteiger partial charge is 0.491 e. The van der Waals surface area contributed by atoms with Gasteiger partial charge in [0.1, 0.15) is 24.5 Å². The van der Waals surface area contributed by atoms with Gasteiger partial charge in [-0.2, -0.15) is 13.2 Å². The molecule has 0 unspecified atom stereocenters. The molecular formula is C18H23F3N4O. The second kappa shape index (κ2) is 7.49. The number of aromatic nitrogens is 2. The number of nitrogen functional groups attached to an aromatic ring is 1. The summed E-state index contributed by atoms with van der Waals surface area (Å²) in [6.45, 7) is 5.73. The van der Waals surface area contributed by atoms with Crippen LogP contribution in [-0.4, -0.2) is 22.1 Å². The van der Waals surface area contributed by atoms with Crippen LogP contribution >= 0.6 is 0 Å². The molecule has 1 atom stereocenters. The van der Waals surface area contributed by atoms with Crippen LogP contribution in [0.3, 0.4) is 0 Å². The number of halogens is 3. The maximum absolute atomic E-state index is 13.5. The highest BCUT2D eigenvalue weighted by Gasteiger charge is 2.35. The van der Waals surface area contributed by atoms with Crippen LogP contribution < -0.4 is 16.2 Å². The minimum atomic E-state index is -4.58. The standard InChI is InChI=1S/C18H23F3N4O/c1-11(2)8-17(3,23)9-26-15-5-4-12(6-13(15)18(19,20)21)14-7-16(22)25-10-24-14/h4-7,10-11H,8-9,23H2,1-3H3,(H2,22,24,25)/t17-/m0/s1. The number of alkyl halides is 3. The van der Waals surface area contributed by atoms with Gasteiger partial charge in [-0.15, -0.1) is 0 Å². The molecule has 0 spiro atoms. The van der Waals surface area contributed by atoms with E-state index in [1.807, 2.05) is 13.8 Å². The zero-order chi connectivity index (χ0) is 19.5. The number of anilines is 1. The van der Waals surface area contributed by atoms with Crippen molar-refractivity contribution in [3.8, 4) is 17.0 Å². The summed E-state index contributed by atoms with van der Waals surface area (Å²) in [5.74, 6) is 0.224. The van der Waals surface area contributed by atoms with Crippen molar-refractivity contribution in [3.63, 3.8) is 0 Å². The number of hydrogen-bond donors (Lipinski definition) is 2. The minimum absolute atomic E-state index is 0.0198. The summed E-state index contributed by atoms with van der Waals surface area (Å²) in [4.78, 5) is 7.70. The van der Waals surface area contributed by atoms with Crippen LogP contribution in [0.25, 0.3) is 11.3 Å². The van der Waals surface area contributed by atoms with E-state index in [1.165, 1.54) is 24.5 Å². The van der Waals surface area contributed by atoms with E-state index in [9.17, 15) is 13.2 Å². The Labute approximate surface area is 150 Å². The van der Waals surface area contributed by atoms with Gasteiger partial charge < -0.3 is 16.2 Å². The van der Waals surface area contributed by atoms with Crippen molar-refractivity contribution in [1.82, 2.24) is 9.97 Å². The first kappa shape index (κ1) is 20.0. The smallest absolute Gasteiger partial charge is 0.419 e. The average Bonchev–Trinajstić information content (AvgIpc) is 2.51. The van der Waals surface area contributed by atoms with Crippen LogP contribution in [0.15, 0.2) is 30.6 Å². The molecule has 0 aliphatic heterocycles. The van der Waals surface area contributed by atoms with Gasteiger partial charge in [0.05, 0.1) is 11.3 Å². The lowest BCUT2D eigenvalue weighted by Crippen LogP contribution is -2.43. The second-order valence-electron chi connectivity index (χ2n) is 7.08. The summed E-state index contributed by atoms with van der Waals surface area (Å²) in [5.41, 5.74) is 10.7. The van der Waals surface area contributed by atoms with Gasteiger partial charge in [0.25, 0.3) is 0 Å². The van der Waals surface area contributed by atoms with Gasteiger partial charge in [0.15, 0.2) is 0 Å². The Hall–Kier alpha value is -2.35. The Kier molecular flexibility index (Phi) is 5.75. The molecule has 2 rings (SSSR count). The Morgan fingerprint density at radius 2 is 1.85 bits per heavy atom. The minimum Gasteiger partial charge on any atom is -0.491 e. The van der Waals surface area contributed by atoms with Gasteiger partial charge in [-0.3, -0.25) is 0 Å².